The van der Waals surface area contributed by atoms with E-state index in [2.05, 4.69) is 19.9 Å². The van der Waals surface area contributed by atoms with Gasteiger partial charge in [0, 0.05) is 6.54 Å². The number of allylic oxidation sites excluding steroid dienone is 1. The molecule has 9 heavy (non-hydrogen) atoms. The van der Waals surface area contributed by atoms with E-state index in [-0.39, 0.29) is 0 Å². The number of hydrogen-bond acceptors (Lipinski definition) is 1. The molecule has 0 amide bonds. The van der Waals surface area contributed by atoms with Gasteiger partial charge in [0.2, 0.25) is 0 Å². The average molecular weight is 127 g/mol. The van der Waals surface area contributed by atoms with E-state index in [1.807, 2.05) is 6.92 Å². The first kappa shape index (κ1) is 8.70. The highest BCUT2D eigenvalue weighted by Gasteiger charge is 2.01. The van der Waals surface area contributed by atoms with Gasteiger partial charge in [-0.3, -0.25) is 0 Å². The van der Waals surface area contributed by atoms with Crippen molar-refractivity contribution in [3.63, 3.8) is 0 Å². The lowest BCUT2D eigenvalue weighted by Crippen LogP contribution is -2.09. The Morgan fingerprint density at radius 3 is 2.33 bits per heavy atom. The number of hydrogen-bond donors (Lipinski definition) is 1. The summed E-state index contributed by atoms with van der Waals surface area (Å²) in [6, 6.07) is 0. The summed E-state index contributed by atoms with van der Waals surface area (Å²) in [5.41, 5.74) is 6.86. The molecule has 0 aliphatic carbocycles. The third kappa shape index (κ3) is 2.66. The zero-order valence-electron chi connectivity index (χ0n) is 6.65. The normalized spacial score (nSPS) is 15.8. The summed E-state index contributed by atoms with van der Waals surface area (Å²) in [6.07, 6.45) is 3.31. The molecule has 0 saturated heterocycles. The molecule has 1 atom stereocenters. The third-order valence-corrected chi connectivity index (χ3v) is 1.85. The molecule has 0 aromatic rings. The smallest absolute Gasteiger partial charge is 0.0139 e. The topological polar surface area (TPSA) is 26.0 Å². The van der Waals surface area contributed by atoms with Crippen LogP contribution < -0.4 is 5.73 Å². The lowest BCUT2D eigenvalue weighted by atomic mass is 9.99. The van der Waals surface area contributed by atoms with Crippen molar-refractivity contribution >= 4 is 0 Å². The molecule has 0 fully saturated rings. The van der Waals surface area contributed by atoms with Gasteiger partial charge in [-0.15, -0.1) is 0 Å². The molecule has 0 aliphatic rings. The van der Waals surface area contributed by atoms with Crippen LogP contribution in [0.4, 0.5) is 0 Å². The maximum absolute atomic E-state index is 5.49. The summed E-state index contributed by atoms with van der Waals surface area (Å²) in [5, 5.41) is 0. The Balaban J connectivity index is 3.80. The first-order valence-electron chi connectivity index (χ1n) is 3.61. The predicted octanol–water partition coefficient (Wildman–Crippen LogP) is 1.94. The highest BCUT2D eigenvalue weighted by Crippen LogP contribution is 2.11. The molecular formula is C8H17N. The van der Waals surface area contributed by atoms with Gasteiger partial charge in [0.15, 0.2) is 0 Å². The first-order chi connectivity index (χ1) is 4.26. The van der Waals surface area contributed by atoms with Gasteiger partial charge in [-0.05, 0) is 19.3 Å². The maximum atomic E-state index is 5.49. The highest BCUT2D eigenvalue weighted by molar-refractivity contribution is 5.05. The molecular weight excluding hydrogens is 110 g/mol. The maximum Gasteiger partial charge on any atom is 0.0139 e. The van der Waals surface area contributed by atoms with E-state index in [0.29, 0.717) is 12.5 Å². The minimum atomic E-state index is 0.667. The minimum absolute atomic E-state index is 0.667. The van der Waals surface area contributed by atoms with Crippen molar-refractivity contribution in [1.29, 1.82) is 0 Å². The van der Waals surface area contributed by atoms with Crippen LogP contribution in [-0.2, 0) is 0 Å². The van der Waals surface area contributed by atoms with E-state index in [9.17, 15) is 0 Å². The van der Waals surface area contributed by atoms with Gasteiger partial charge in [0.25, 0.3) is 0 Å². The molecule has 0 spiro atoms. The van der Waals surface area contributed by atoms with Crippen molar-refractivity contribution in [3.8, 4) is 0 Å². The summed E-state index contributed by atoms with van der Waals surface area (Å²) in [6.45, 7) is 7.16. The van der Waals surface area contributed by atoms with Crippen LogP contribution >= 0.6 is 0 Å². The van der Waals surface area contributed by atoms with Crippen LogP contribution in [0.15, 0.2) is 11.6 Å². The van der Waals surface area contributed by atoms with E-state index >= 15 is 0 Å². The predicted molar refractivity (Wildman–Crippen MR) is 42.3 cm³/mol. The summed E-state index contributed by atoms with van der Waals surface area (Å²) in [4.78, 5) is 0. The molecule has 0 heterocycles. The molecule has 0 radical (unpaired) electrons. The van der Waals surface area contributed by atoms with Crippen LogP contribution in [0.2, 0.25) is 0 Å². The second kappa shape index (κ2) is 4.57. The van der Waals surface area contributed by atoms with Crippen molar-refractivity contribution < 1.29 is 0 Å². The van der Waals surface area contributed by atoms with Crippen molar-refractivity contribution in [2.24, 2.45) is 11.7 Å². The van der Waals surface area contributed by atoms with E-state index in [1.165, 1.54) is 12.0 Å². The monoisotopic (exact) mass is 127 g/mol. The van der Waals surface area contributed by atoms with Crippen LogP contribution in [0.5, 0.6) is 0 Å². The molecule has 0 saturated carbocycles. The van der Waals surface area contributed by atoms with Gasteiger partial charge >= 0.3 is 0 Å². The minimum Gasteiger partial charge on any atom is -0.327 e. The van der Waals surface area contributed by atoms with Crippen LogP contribution in [0.3, 0.4) is 0 Å². The lowest BCUT2D eigenvalue weighted by Gasteiger charge is -2.10. The molecule has 2 N–H and O–H groups in total. The standard InChI is InChI=1S/C8H17N/c1-4-7(3)8(5-2)6-9/h5,7H,4,6,9H2,1-3H3. The van der Waals surface area contributed by atoms with Gasteiger partial charge in [-0.2, -0.15) is 0 Å². The fourth-order valence-electron chi connectivity index (χ4n) is 0.866. The largest absolute Gasteiger partial charge is 0.327 e. The molecule has 1 heteroatoms. The Labute approximate surface area is 57.9 Å². The Bertz CT molecular complexity index is 94.7. The molecule has 1 nitrogen and oxygen atoms in total. The number of nitrogens with two attached hydrogens (primary N) is 1. The average Bonchev–Trinajstić information content (AvgIpc) is 1.90. The first-order valence-corrected chi connectivity index (χ1v) is 3.61. The van der Waals surface area contributed by atoms with Crippen molar-refractivity contribution in [2.75, 3.05) is 6.54 Å². The fraction of sp³-hybridized carbons (Fsp3) is 0.750. The quantitative estimate of drug-likeness (QED) is 0.576. The fourth-order valence-corrected chi connectivity index (χ4v) is 0.866. The molecule has 0 bridgehead atoms. The highest BCUT2D eigenvalue weighted by atomic mass is 14.5. The van der Waals surface area contributed by atoms with E-state index in [1.54, 1.807) is 0 Å². The summed E-state index contributed by atoms with van der Waals surface area (Å²) in [7, 11) is 0. The van der Waals surface area contributed by atoms with Crippen LogP contribution in [0.25, 0.3) is 0 Å². The van der Waals surface area contributed by atoms with Crippen LogP contribution in [-0.4, -0.2) is 6.54 Å². The molecule has 0 rings (SSSR count). The third-order valence-electron chi connectivity index (χ3n) is 1.85. The summed E-state index contributed by atoms with van der Waals surface area (Å²) in [5.74, 6) is 0.667. The Morgan fingerprint density at radius 2 is 2.22 bits per heavy atom. The molecule has 1 unspecified atom stereocenters. The van der Waals surface area contributed by atoms with E-state index in [4.69, 9.17) is 5.73 Å². The summed E-state index contributed by atoms with van der Waals surface area (Å²) >= 11 is 0. The Morgan fingerprint density at radius 1 is 1.67 bits per heavy atom. The molecule has 0 aliphatic heterocycles. The Hall–Kier alpha value is -0.300. The van der Waals surface area contributed by atoms with E-state index < -0.39 is 0 Å². The van der Waals surface area contributed by atoms with Gasteiger partial charge in [0.1, 0.15) is 0 Å². The molecule has 54 valence electrons. The van der Waals surface area contributed by atoms with Gasteiger partial charge in [-0.25, -0.2) is 0 Å². The number of rotatable bonds is 3. The molecule has 0 aromatic carbocycles. The van der Waals surface area contributed by atoms with Crippen LogP contribution in [0, 0.1) is 5.92 Å². The van der Waals surface area contributed by atoms with Gasteiger partial charge in [0.05, 0.1) is 0 Å². The zero-order chi connectivity index (χ0) is 7.28. The SMILES string of the molecule is CC=C(CN)C(C)CC. The summed E-state index contributed by atoms with van der Waals surface area (Å²) < 4.78 is 0. The Kier molecular flexibility index (Phi) is 4.41. The second-order valence-corrected chi connectivity index (χ2v) is 2.38. The van der Waals surface area contributed by atoms with E-state index in [0.717, 1.165) is 0 Å². The van der Waals surface area contributed by atoms with Gasteiger partial charge < -0.3 is 5.73 Å². The van der Waals surface area contributed by atoms with Gasteiger partial charge in [-0.1, -0.05) is 25.5 Å². The van der Waals surface area contributed by atoms with Crippen molar-refractivity contribution in [3.05, 3.63) is 11.6 Å². The van der Waals surface area contributed by atoms with Crippen molar-refractivity contribution in [2.45, 2.75) is 27.2 Å². The second-order valence-electron chi connectivity index (χ2n) is 2.38. The molecule has 0 aromatic heterocycles. The lowest BCUT2D eigenvalue weighted by molar-refractivity contribution is 0.641. The van der Waals surface area contributed by atoms with Crippen LogP contribution in [0.1, 0.15) is 27.2 Å². The van der Waals surface area contributed by atoms with Crippen molar-refractivity contribution in [1.82, 2.24) is 0 Å². The zero-order valence-corrected chi connectivity index (χ0v) is 6.65.